The normalized spacial score (nSPS) is 21.6. The van der Waals surface area contributed by atoms with E-state index in [4.69, 9.17) is 9.47 Å². The van der Waals surface area contributed by atoms with Gasteiger partial charge in [0.15, 0.2) is 11.5 Å². The minimum Gasteiger partial charge on any atom is -0.493 e. The van der Waals surface area contributed by atoms with E-state index in [1.165, 1.54) is 6.42 Å². The highest BCUT2D eigenvalue weighted by Crippen LogP contribution is 2.46. The number of piperidine rings is 1. The van der Waals surface area contributed by atoms with Gasteiger partial charge in [0.25, 0.3) is 5.91 Å². The average molecular weight is 247 g/mol. The van der Waals surface area contributed by atoms with Crippen molar-refractivity contribution in [2.24, 2.45) is 0 Å². The molecule has 2 aliphatic rings. The Bertz CT molecular complexity index is 498. The molecule has 0 N–H and O–H groups in total. The van der Waals surface area contributed by atoms with Gasteiger partial charge < -0.3 is 14.4 Å². The molecule has 1 fully saturated rings. The van der Waals surface area contributed by atoms with Crippen molar-refractivity contribution in [3.8, 4) is 11.5 Å². The maximum atomic E-state index is 12.5. The third-order valence-electron chi connectivity index (χ3n) is 3.91. The van der Waals surface area contributed by atoms with Crippen LogP contribution in [0.5, 0.6) is 11.5 Å². The standard InChI is InChI=1S/C14H17NO3/c1-17-11-7-6-9-10-5-3-4-8-15(10)14(16)12(9)13(11)18-2/h6-7,10H,3-5,8H2,1-2H3. The van der Waals surface area contributed by atoms with Gasteiger partial charge >= 0.3 is 0 Å². The summed E-state index contributed by atoms with van der Waals surface area (Å²) in [5, 5.41) is 0. The molecule has 4 nitrogen and oxygen atoms in total. The monoisotopic (exact) mass is 247 g/mol. The highest BCUT2D eigenvalue weighted by atomic mass is 16.5. The molecule has 4 heteroatoms. The molecular weight excluding hydrogens is 230 g/mol. The predicted molar refractivity (Wildman–Crippen MR) is 67.2 cm³/mol. The molecule has 18 heavy (non-hydrogen) atoms. The minimum absolute atomic E-state index is 0.0884. The first-order valence-electron chi connectivity index (χ1n) is 6.33. The van der Waals surface area contributed by atoms with Crippen molar-refractivity contribution in [2.45, 2.75) is 25.3 Å². The predicted octanol–water partition coefficient (Wildman–Crippen LogP) is 2.38. The van der Waals surface area contributed by atoms with Crippen molar-refractivity contribution in [3.63, 3.8) is 0 Å². The molecular formula is C14H17NO3. The Morgan fingerprint density at radius 2 is 2.06 bits per heavy atom. The van der Waals surface area contributed by atoms with Gasteiger partial charge in [-0.05, 0) is 30.9 Å². The first-order chi connectivity index (χ1) is 8.77. The topological polar surface area (TPSA) is 38.8 Å². The third-order valence-corrected chi connectivity index (χ3v) is 3.91. The van der Waals surface area contributed by atoms with Crippen LogP contribution in [0.25, 0.3) is 0 Å². The largest absolute Gasteiger partial charge is 0.493 e. The van der Waals surface area contributed by atoms with Crippen molar-refractivity contribution in [1.29, 1.82) is 0 Å². The first kappa shape index (κ1) is 11.4. The lowest BCUT2D eigenvalue weighted by atomic mass is 9.97. The van der Waals surface area contributed by atoms with E-state index in [1.54, 1.807) is 14.2 Å². The molecule has 0 radical (unpaired) electrons. The van der Waals surface area contributed by atoms with Crippen LogP contribution in [0.15, 0.2) is 12.1 Å². The second-order valence-electron chi connectivity index (χ2n) is 4.78. The van der Waals surface area contributed by atoms with E-state index in [2.05, 4.69) is 0 Å². The van der Waals surface area contributed by atoms with Gasteiger partial charge in [0.2, 0.25) is 0 Å². The number of rotatable bonds is 2. The van der Waals surface area contributed by atoms with Crippen molar-refractivity contribution in [2.75, 3.05) is 20.8 Å². The highest BCUT2D eigenvalue weighted by molar-refractivity contribution is 6.02. The van der Waals surface area contributed by atoms with Gasteiger partial charge in [-0.1, -0.05) is 6.07 Å². The average Bonchev–Trinajstić information content (AvgIpc) is 2.72. The van der Waals surface area contributed by atoms with E-state index in [1.807, 2.05) is 17.0 Å². The zero-order valence-electron chi connectivity index (χ0n) is 10.7. The van der Waals surface area contributed by atoms with Gasteiger partial charge in [-0.2, -0.15) is 0 Å². The van der Waals surface area contributed by atoms with Gasteiger partial charge in [0, 0.05) is 6.54 Å². The smallest absolute Gasteiger partial charge is 0.258 e. The van der Waals surface area contributed by atoms with Gasteiger partial charge in [0.1, 0.15) is 0 Å². The number of carbonyl (C=O) groups is 1. The molecule has 0 spiro atoms. The van der Waals surface area contributed by atoms with E-state index < -0.39 is 0 Å². The van der Waals surface area contributed by atoms with Crippen molar-refractivity contribution in [1.82, 2.24) is 4.90 Å². The fourth-order valence-electron chi connectivity index (χ4n) is 3.08. The van der Waals surface area contributed by atoms with Gasteiger partial charge in [-0.3, -0.25) is 4.79 Å². The van der Waals surface area contributed by atoms with Crippen LogP contribution >= 0.6 is 0 Å². The highest BCUT2D eigenvalue weighted by Gasteiger charge is 2.40. The van der Waals surface area contributed by atoms with Gasteiger partial charge in [0.05, 0.1) is 25.8 Å². The Morgan fingerprint density at radius 1 is 1.22 bits per heavy atom. The summed E-state index contributed by atoms with van der Waals surface area (Å²) in [7, 11) is 3.18. The third kappa shape index (κ3) is 1.41. The molecule has 96 valence electrons. The molecule has 0 saturated carbocycles. The lowest BCUT2D eigenvalue weighted by molar-refractivity contribution is 0.0669. The van der Waals surface area contributed by atoms with Crippen LogP contribution in [0.3, 0.4) is 0 Å². The van der Waals surface area contributed by atoms with E-state index >= 15 is 0 Å². The van der Waals surface area contributed by atoms with Crippen LogP contribution in [-0.2, 0) is 0 Å². The van der Waals surface area contributed by atoms with Gasteiger partial charge in [-0.15, -0.1) is 0 Å². The molecule has 0 aromatic heterocycles. The SMILES string of the molecule is COc1ccc2c(c1OC)C(=O)N1CCCCC21. The maximum absolute atomic E-state index is 12.5. The molecule has 1 saturated heterocycles. The summed E-state index contributed by atoms with van der Waals surface area (Å²) >= 11 is 0. The van der Waals surface area contributed by atoms with Crippen LogP contribution in [-0.4, -0.2) is 31.6 Å². The van der Waals surface area contributed by atoms with E-state index in [-0.39, 0.29) is 11.9 Å². The number of ether oxygens (including phenoxy) is 2. The number of carbonyl (C=O) groups excluding carboxylic acids is 1. The van der Waals surface area contributed by atoms with Crippen molar-refractivity contribution >= 4 is 5.91 Å². The Morgan fingerprint density at radius 3 is 2.78 bits per heavy atom. The molecule has 2 aliphatic heterocycles. The number of amides is 1. The van der Waals surface area contributed by atoms with Crippen LogP contribution in [0.4, 0.5) is 0 Å². The molecule has 0 aliphatic carbocycles. The summed E-state index contributed by atoms with van der Waals surface area (Å²) in [6.45, 7) is 0.851. The molecule has 1 amide bonds. The van der Waals surface area contributed by atoms with Crippen LogP contribution in [0.1, 0.15) is 41.2 Å². The molecule has 1 aromatic carbocycles. The summed E-state index contributed by atoms with van der Waals surface area (Å²) in [6, 6.07) is 4.13. The Kier molecular flexibility index (Phi) is 2.65. The second kappa shape index (κ2) is 4.19. The summed E-state index contributed by atoms with van der Waals surface area (Å²) in [4.78, 5) is 14.4. The van der Waals surface area contributed by atoms with Crippen LogP contribution in [0, 0.1) is 0 Å². The Balaban J connectivity index is 2.15. The first-order valence-corrected chi connectivity index (χ1v) is 6.33. The fraction of sp³-hybridized carbons (Fsp3) is 0.500. The quantitative estimate of drug-likeness (QED) is 0.805. The zero-order chi connectivity index (χ0) is 12.7. The molecule has 1 atom stereocenters. The summed E-state index contributed by atoms with van der Waals surface area (Å²) in [5.41, 5.74) is 1.79. The molecule has 2 heterocycles. The maximum Gasteiger partial charge on any atom is 0.258 e. The summed E-state index contributed by atoms with van der Waals surface area (Å²) in [6.07, 6.45) is 3.33. The zero-order valence-corrected chi connectivity index (χ0v) is 10.7. The second-order valence-corrected chi connectivity index (χ2v) is 4.78. The molecule has 1 unspecified atom stereocenters. The number of hydrogen-bond donors (Lipinski definition) is 0. The fourth-order valence-corrected chi connectivity index (χ4v) is 3.08. The van der Waals surface area contributed by atoms with Crippen molar-refractivity contribution in [3.05, 3.63) is 23.3 Å². The van der Waals surface area contributed by atoms with Crippen molar-refractivity contribution < 1.29 is 14.3 Å². The molecule has 0 bridgehead atoms. The lowest BCUT2D eigenvalue weighted by Crippen LogP contribution is -2.32. The number of hydrogen-bond acceptors (Lipinski definition) is 3. The number of methoxy groups -OCH3 is 2. The number of nitrogens with zero attached hydrogens (tertiary/aromatic N) is 1. The van der Waals surface area contributed by atoms with E-state index in [0.29, 0.717) is 17.1 Å². The Hall–Kier alpha value is -1.71. The number of fused-ring (bicyclic) bond motifs is 3. The van der Waals surface area contributed by atoms with Gasteiger partial charge in [-0.25, -0.2) is 0 Å². The minimum atomic E-state index is 0.0884. The van der Waals surface area contributed by atoms with Crippen LogP contribution < -0.4 is 9.47 Å². The van der Waals surface area contributed by atoms with Crippen LogP contribution in [0.2, 0.25) is 0 Å². The molecule has 3 rings (SSSR count). The Labute approximate surface area is 106 Å². The summed E-state index contributed by atoms with van der Waals surface area (Å²) < 4.78 is 10.7. The van der Waals surface area contributed by atoms with E-state index in [0.717, 1.165) is 24.9 Å². The lowest BCUT2D eigenvalue weighted by Gasteiger charge is -2.29. The number of benzene rings is 1. The van der Waals surface area contributed by atoms with E-state index in [9.17, 15) is 4.79 Å². The summed E-state index contributed by atoms with van der Waals surface area (Å²) in [5.74, 6) is 1.30. The molecule has 1 aromatic rings.